The van der Waals surface area contributed by atoms with Crippen LogP contribution < -0.4 is 10.6 Å². The molecule has 1 aromatic rings. The van der Waals surface area contributed by atoms with Crippen LogP contribution in [0.1, 0.15) is 6.42 Å². The number of ether oxygens (including phenoxy) is 1. The molecular formula is C14H22N2O2S. The van der Waals surface area contributed by atoms with Crippen LogP contribution in [0.4, 0.5) is 0 Å². The number of amides is 1. The first-order valence-electron chi connectivity index (χ1n) is 6.47. The van der Waals surface area contributed by atoms with Gasteiger partial charge in [0.25, 0.3) is 0 Å². The van der Waals surface area contributed by atoms with Gasteiger partial charge in [-0.05, 0) is 12.1 Å². The normalized spacial score (nSPS) is 10.4. The van der Waals surface area contributed by atoms with Gasteiger partial charge >= 0.3 is 0 Å². The highest BCUT2D eigenvalue weighted by molar-refractivity contribution is 7.99. The smallest absolute Gasteiger partial charge is 0.221 e. The fraction of sp³-hybridized carbons (Fsp3) is 0.500. The van der Waals surface area contributed by atoms with Crippen LogP contribution in [0.5, 0.6) is 0 Å². The Morgan fingerprint density at radius 3 is 2.74 bits per heavy atom. The van der Waals surface area contributed by atoms with Gasteiger partial charge in [-0.1, -0.05) is 18.2 Å². The SMILES string of the molecule is COCCNC(=O)CCNCCSc1ccccc1. The Bertz CT molecular complexity index is 347. The summed E-state index contributed by atoms with van der Waals surface area (Å²) < 4.78 is 4.86. The Kier molecular flexibility index (Phi) is 9.14. The van der Waals surface area contributed by atoms with Crippen molar-refractivity contribution in [1.29, 1.82) is 0 Å². The molecule has 0 aliphatic carbocycles. The summed E-state index contributed by atoms with van der Waals surface area (Å²) in [6.45, 7) is 2.77. The van der Waals surface area contributed by atoms with Crippen LogP contribution in [0.2, 0.25) is 0 Å². The van der Waals surface area contributed by atoms with Gasteiger partial charge in [0.05, 0.1) is 6.61 Å². The molecule has 1 aromatic carbocycles. The maximum atomic E-state index is 11.4. The van der Waals surface area contributed by atoms with E-state index in [1.54, 1.807) is 7.11 Å². The molecule has 0 unspecified atom stereocenters. The maximum Gasteiger partial charge on any atom is 0.221 e. The van der Waals surface area contributed by atoms with Crippen molar-refractivity contribution in [3.8, 4) is 0 Å². The minimum atomic E-state index is 0.0697. The van der Waals surface area contributed by atoms with Crippen LogP contribution in [0.25, 0.3) is 0 Å². The van der Waals surface area contributed by atoms with E-state index in [0.29, 0.717) is 26.1 Å². The first kappa shape index (κ1) is 16.0. The summed E-state index contributed by atoms with van der Waals surface area (Å²) in [7, 11) is 1.62. The molecular weight excluding hydrogens is 260 g/mol. The van der Waals surface area contributed by atoms with E-state index in [-0.39, 0.29) is 5.91 Å². The van der Waals surface area contributed by atoms with Crippen LogP contribution >= 0.6 is 11.8 Å². The molecule has 19 heavy (non-hydrogen) atoms. The molecule has 5 heteroatoms. The molecule has 0 atom stereocenters. The highest BCUT2D eigenvalue weighted by Crippen LogP contribution is 2.15. The van der Waals surface area contributed by atoms with Crippen molar-refractivity contribution >= 4 is 17.7 Å². The summed E-state index contributed by atoms with van der Waals surface area (Å²) in [6, 6.07) is 10.3. The topological polar surface area (TPSA) is 50.4 Å². The molecule has 1 amide bonds. The Morgan fingerprint density at radius 1 is 1.21 bits per heavy atom. The van der Waals surface area contributed by atoms with Gasteiger partial charge in [-0.2, -0.15) is 0 Å². The quantitative estimate of drug-likeness (QED) is 0.505. The van der Waals surface area contributed by atoms with E-state index in [4.69, 9.17) is 4.74 Å². The van der Waals surface area contributed by atoms with Crippen molar-refractivity contribution in [3.05, 3.63) is 30.3 Å². The highest BCUT2D eigenvalue weighted by Gasteiger charge is 1.99. The molecule has 0 bridgehead atoms. The minimum absolute atomic E-state index is 0.0697. The average Bonchev–Trinajstić information content (AvgIpc) is 2.44. The van der Waals surface area contributed by atoms with Crippen molar-refractivity contribution in [2.75, 3.05) is 39.1 Å². The van der Waals surface area contributed by atoms with E-state index in [0.717, 1.165) is 12.3 Å². The third-order valence-electron chi connectivity index (χ3n) is 2.45. The van der Waals surface area contributed by atoms with E-state index < -0.39 is 0 Å². The van der Waals surface area contributed by atoms with Crippen LogP contribution in [-0.4, -0.2) is 45.0 Å². The second kappa shape index (κ2) is 10.8. The Labute approximate surface area is 119 Å². The van der Waals surface area contributed by atoms with E-state index in [2.05, 4.69) is 22.8 Å². The molecule has 0 aliphatic heterocycles. The van der Waals surface area contributed by atoms with E-state index >= 15 is 0 Å². The zero-order valence-corrected chi connectivity index (χ0v) is 12.2. The van der Waals surface area contributed by atoms with Crippen molar-refractivity contribution in [2.45, 2.75) is 11.3 Å². The van der Waals surface area contributed by atoms with Crippen molar-refractivity contribution in [1.82, 2.24) is 10.6 Å². The van der Waals surface area contributed by atoms with Gasteiger partial charge in [-0.3, -0.25) is 4.79 Å². The Balaban J connectivity index is 1.92. The summed E-state index contributed by atoms with van der Waals surface area (Å²) >= 11 is 1.82. The third kappa shape index (κ3) is 8.64. The lowest BCUT2D eigenvalue weighted by Gasteiger charge is -2.06. The molecule has 1 rings (SSSR count). The maximum absolute atomic E-state index is 11.4. The molecule has 0 spiro atoms. The Hall–Kier alpha value is -1.04. The fourth-order valence-corrected chi connectivity index (χ4v) is 2.30. The first-order valence-corrected chi connectivity index (χ1v) is 7.45. The van der Waals surface area contributed by atoms with Gasteiger partial charge in [-0.25, -0.2) is 0 Å². The number of carbonyl (C=O) groups is 1. The van der Waals surface area contributed by atoms with Gasteiger partial charge in [0.1, 0.15) is 0 Å². The zero-order chi connectivity index (χ0) is 13.8. The lowest BCUT2D eigenvalue weighted by molar-refractivity contribution is -0.121. The van der Waals surface area contributed by atoms with E-state index in [1.807, 2.05) is 30.0 Å². The van der Waals surface area contributed by atoms with Crippen LogP contribution in [0, 0.1) is 0 Å². The summed E-state index contributed by atoms with van der Waals surface area (Å²) in [5.41, 5.74) is 0. The van der Waals surface area contributed by atoms with E-state index in [1.165, 1.54) is 4.90 Å². The summed E-state index contributed by atoms with van der Waals surface area (Å²) in [5, 5.41) is 6.06. The number of carbonyl (C=O) groups excluding carboxylic acids is 1. The lowest BCUT2D eigenvalue weighted by Crippen LogP contribution is -2.30. The summed E-state index contributed by atoms with van der Waals surface area (Å²) in [6.07, 6.45) is 0.514. The molecule has 0 fully saturated rings. The average molecular weight is 282 g/mol. The van der Waals surface area contributed by atoms with Gasteiger partial charge < -0.3 is 15.4 Å². The predicted molar refractivity (Wildman–Crippen MR) is 79.5 cm³/mol. The van der Waals surface area contributed by atoms with Crippen LogP contribution in [0.15, 0.2) is 35.2 Å². The summed E-state index contributed by atoms with van der Waals surface area (Å²) in [5.74, 6) is 1.08. The first-order chi connectivity index (χ1) is 9.33. The molecule has 0 saturated heterocycles. The summed E-state index contributed by atoms with van der Waals surface area (Å²) in [4.78, 5) is 12.6. The number of hydrogen-bond acceptors (Lipinski definition) is 4. The molecule has 2 N–H and O–H groups in total. The van der Waals surface area contributed by atoms with E-state index in [9.17, 15) is 4.79 Å². The molecule has 0 aliphatic rings. The third-order valence-corrected chi connectivity index (χ3v) is 3.46. The monoisotopic (exact) mass is 282 g/mol. The number of benzene rings is 1. The van der Waals surface area contributed by atoms with Crippen LogP contribution in [-0.2, 0) is 9.53 Å². The minimum Gasteiger partial charge on any atom is -0.383 e. The standard InChI is InChI=1S/C14H22N2O2S/c1-18-11-9-16-14(17)7-8-15-10-12-19-13-5-3-2-4-6-13/h2-6,15H,7-12H2,1H3,(H,16,17). The van der Waals surface area contributed by atoms with Gasteiger partial charge in [-0.15, -0.1) is 11.8 Å². The largest absolute Gasteiger partial charge is 0.383 e. The Morgan fingerprint density at radius 2 is 2.00 bits per heavy atom. The van der Waals surface area contributed by atoms with Crippen molar-refractivity contribution in [2.24, 2.45) is 0 Å². The number of thioether (sulfide) groups is 1. The lowest BCUT2D eigenvalue weighted by atomic mass is 10.4. The van der Waals surface area contributed by atoms with Gasteiger partial charge in [0.2, 0.25) is 5.91 Å². The zero-order valence-electron chi connectivity index (χ0n) is 11.4. The fourth-order valence-electron chi connectivity index (χ4n) is 1.47. The van der Waals surface area contributed by atoms with Crippen molar-refractivity contribution < 1.29 is 9.53 Å². The molecule has 0 heterocycles. The van der Waals surface area contributed by atoms with Gasteiger partial charge in [0.15, 0.2) is 0 Å². The molecule has 0 aromatic heterocycles. The second-order valence-electron chi connectivity index (χ2n) is 4.00. The second-order valence-corrected chi connectivity index (χ2v) is 5.17. The number of hydrogen-bond donors (Lipinski definition) is 2. The predicted octanol–water partition coefficient (Wildman–Crippen LogP) is 1.52. The molecule has 0 saturated carbocycles. The molecule has 4 nitrogen and oxygen atoms in total. The van der Waals surface area contributed by atoms with Crippen LogP contribution in [0.3, 0.4) is 0 Å². The number of nitrogens with one attached hydrogen (secondary N) is 2. The highest BCUT2D eigenvalue weighted by atomic mass is 32.2. The molecule has 0 radical (unpaired) electrons. The molecule has 106 valence electrons. The van der Waals surface area contributed by atoms with Gasteiger partial charge in [0, 0.05) is 43.8 Å². The number of rotatable bonds is 10. The number of methoxy groups -OCH3 is 1. The van der Waals surface area contributed by atoms with Crippen molar-refractivity contribution in [3.63, 3.8) is 0 Å².